The molecule has 3 aromatic rings. The van der Waals surface area contributed by atoms with Gasteiger partial charge in [-0.1, -0.05) is 33.2 Å². The van der Waals surface area contributed by atoms with Gasteiger partial charge in [0.25, 0.3) is 5.89 Å². The molecule has 19 heavy (non-hydrogen) atoms. The van der Waals surface area contributed by atoms with Crippen molar-refractivity contribution in [2.75, 3.05) is 0 Å². The van der Waals surface area contributed by atoms with E-state index in [0.717, 1.165) is 21.0 Å². The van der Waals surface area contributed by atoms with Crippen LogP contribution in [0.4, 0.5) is 0 Å². The first kappa shape index (κ1) is 12.2. The van der Waals surface area contributed by atoms with Crippen molar-refractivity contribution in [1.82, 2.24) is 10.1 Å². The molecule has 0 N–H and O–H groups in total. The van der Waals surface area contributed by atoms with E-state index >= 15 is 0 Å². The molecule has 3 rings (SSSR count). The van der Waals surface area contributed by atoms with Crippen LogP contribution in [0.15, 0.2) is 45.4 Å². The van der Waals surface area contributed by atoms with Gasteiger partial charge in [-0.05, 0) is 42.0 Å². The normalized spacial score (nSPS) is 10.8. The van der Waals surface area contributed by atoms with E-state index in [1.54, 1.807) is 6.92 Å². The van der Waals surface area contributed by atoms with E-state index in [9.17, 15) is 0 Å². The monoisotopic (exact) mass is 318 g/mol. The Bertz CT molecular complexity index is 724. The third-order valence-electron chi connectivity index (χ3n) is 2.71. The van der Waals surface area contributed by atoms with Crippen LogP contribution in [0.3, 0.4) is 0 Å². The van der Waals surface area contributed by atoms with Gasteiger partial charge in [0.1, 0.15) is 5.75 Å². The van der Waals surface area contributed by atoms with Gasteiger partial charge in [-0.15, -0.1) is 0 Å². The summed E-state index contributed by atoms with van der Waals surface area (Å²) in [6.45, 7) is 2.06. The number of aromatic nitrogens is 2. The van der Waals surface area contributed by atoms with Gasteiger partial charge < -0.3 is 9.26 Å². The Hall–Kier alpha value is -1.88. The lowest BCUT2D eigenvalue weighted by Crippen LogP contribution is -1.95. The van der Waals surface area contributed by atoms with Gasteiger partial charge in [-0.25, -0.2) is 0 Å². The smallest absolute Gasteiger partial charge is 0.264 e. The summed E-state index contributed by atoms with van der Waals surface area (Å²) in [6, 6.07) is 12.1. The number of aryl methyl sites for hydroxylation is 1. The average molecular weight is 319 g/mol. The van der Waals surface area contributed by atoms with Crippen molar-refractivity contribution in [3.8, 4) is 5.75 Å². The SMILES string of the molecule is Cc1noc(COc2ccc3cc(Br)ccc3c2)n1. The fourth-order valence-electron chi connectivity index (χ4n) is 1.83. The quantitative estimate of drug-likeness (QED) is 0.735. The zero-order valence-electron chi connectivity index (χ0n) is 10.3. The molecule has 0 unspecified atom stereocenters. The lowest BCUT2D eigenvalue weighted by Gasteiger charge is -2.05. The summed E-state index contributed by atoms with van der Waals surface area (Å²) in [7, 11) is 0. The molecule has 0 aliphatic heterocycles. The Balaban J connectivity index is 1.79. The minimum atomic E-state index is 0.281. The number of benzene rings is 2. The van der Waals surface area contributed by atoms with Crippen LogP contribution in [0.2, 0.25) is 0 Å². The highest BCUT2D eigenvalue weighted by molar-refractivity contribution is 9.10. The lowest BCUT2D eigenvalue weighted by molar-refractivity contribution is 0.243. The number of ether oxygens (including phenoxy) is 1. The third-order valence-corrected chi connectivity index (χ3v) is 3.20. The van der Waals surface area contributed by atoms with Crippen LogP contribution in [-0.4, -0.2) is 10.1 Å². The summed E-state index contributed by atoms with van der Waals surface area (Å²) in [5.41, 5.74) is 0. The van der Waals surface area contributed by atoms with Crippen LogP contribution >= 0.6 is 15.9 Å². The number of rotatable bonds is 3. The Kier molecular flexibility index (Phi) is 3.21. The zero-order chi connectivity index (χ0) is 13.2. The number of hydrogen-bond acceptors (Lipinski definition) is 4. The topological polar surface area (TPSA) is 48.2 Å². The molecule has 0 fully saturated rings. The molecular formula is C14H11BrN2O2. The second kappa shape index (κ2) is 5.01. The van der Waals surface area contributed by atoms with Gasteiger partial charge in [0.15, 0.2) is 12.4 Å². The zero-order valence-corrected chi connectivity index (χ0v) is 11.8. The fraction of sp³-hybridized carbons (Fsp3) is 0.143. The molecule has 1 aromatic heterocycles. The summed E-state index contributed by atoms with van der Waals surface area (Å²) in [5.74, 6) is 1.88. The van der Waals surface area contributed by atoms with Crippen LogP contribution in [0.5, 0.6) is 5.75 Å². The van der Waals surface area contributed by atoms with E-state index in [-0.39, 0.29) is 6.61 Å². The Morgan fingerprint density at radius 2 is 1.95 bits per heavy atom. The van der Waals surface area contributed by atoms with E-state index in [0.29, 0.717) is 11.7 Å². The minimum absolute atomic E-state index is 0.281. The second-order valence-corrected chi connectivity index (χ2v) is 5.09. The van der Waals surface area contributed by atoms with Crippen LogP contribution in [0.25, 0.3) is 10.8 Å². The van der Waals surface area contributed by atoms with Gasteiger partial charge in [-0.2, -0.15) is 4.98 Å². The summed E-state index contributed by atoms with van der Waals surface area (Å²) in [6.07, 6.45) is 0. The van der Waals surface area contributed by atoms with E-state index in [2.05, 4.69) is 32.1 Å². The van der Waals surface area contributed by atoms with Gasteiger partial charge in [0.05, 0.1) is 0 Å². The predicted molar refractivity (Wildman–Crippen MR) is 75.0 cm³/mol. The van der Waals surface area contributed by atoms with Crippen molar-refractivity contribution >= 4 is 26.7 Å². The maximum atomic E-state index is 5.64. The van der Waals surface area contributed by atoms with E-state index in [1.165, 1.54) is 0 Å². The van der Waals surface area contributed by atoms with Crippen LogP contribution in [0.1, 0.15) is 11.7 Å². The largest absolute Gasteiger partial charge is 0.484 e. The maximum absolute atomic E-state index is 5.64. The summed E-state index contributed by atoms with van der Waals surface area (Å²) in [5, 5.41) is 6.01. The number of halogens is 1. The predicted octanol–water partition coefficient (Wildman–Crippen LogP) is 3.87. The van der Waals surface area contributed by atoms with Gasteiger partial charge in [0.2, 0.25) is 0 Å². The highest BCUT2D eigenvalue weighted by Crippen LogP contribution is 2.24. The third kappa shape index (κ3) is 2.76. The first-order valence-corrected chi connectivity index (χ1v) is 6.61. The first-order chi connectivity index (χ1) is 9.20. The van der Waals surface area contributed by atoms with E-state index < -0.39 is 0 Å². The van der Waals surface area contributed by atoms with E-state index in [1.807, 2.05) is 30.3 Å². The molecular weight excluding hydrogens is 308 g/mol. The van der Waals surface area contributed by atoms with E-state index in [4.69, 9.17) is 9.26 Å². The van der Waals surface area contributed by atoms with Crippen LogP contribution in [-0.2, 0) is 6.61 Å². The van der Waals surface area contributed by atoms with Crippen molar-refractivity contribution in [3.63, 3.8) is 0 Å². The molecule has 96 valence electrons. The van der Waals surface area contributed by atoms with Crippen LogP contribution < -0.4 is 4.74 Å². The number of fused-ring (bicyclic) bond motifs is 1. The molecule has 0 saturated carbocycles. The lowest BCUT2D eigenvalue weighted by atomic mass is 10.1. The summed E-state index contributed by atoms with van der Waals surface area (Å²) >= 11 is 3.46. The molecule has 0 spiro atoms. The second-order valence-electron chi connectivity index (χ2n) is 4.18. The maximum Gasteiger partial charge on any atom is 0.264 e. The molecule has 0 radical (unpaired) electrons. The van der Waals surface area contributed by atoms with Crippen molar-refractivity contribution in [1.29, 1.82) is 0 Å². The molecule has 2 aromatic carbocycles. The Labute approximate surface area is 118 Å². The molecule has 0 aliphatic carbocycles. The molecule has 0 saturated heterocycles. The molecule has 0 amide bonds. The van der Waals surface area contributed by atoms with Gasteiger partial charge in [-0.3, -0.25) is 0 Å². The highest BCUT2D eigenvalue weighted by atomic mass is 79.9. The van der Waals surface area contributed by atoms with Gasteiger partial charge >= 0.3 is 0 Å². The Morgan fingerprint density at radius 3 is 2.74 bits per heavy atom. The molecule has 4 nitrogen and oxygen atoms in total. The first-order valence-electron chi connectivity index (χ1n) is 5.82. The Morgan fingerprint density at radius 1 is 1.16 bits per heavy atom. The van der Waals surface area contributed by atoms with Gasteiger partial charge in [0, 0.05) is 4.47 Å². The highest BCUT2D eigenvalue weighted by Gasteiger charge is 2.04. The minimum Gasteiger partial charge on any atom is -0.484 e. The summed E-state index contributed by atoms with van der Waals surface area (Å²) < 4.78 is 11.7. The van der Waals surface area contributed by atoms with Crippen LogP contribution in [0, 0.1) is 6.92 Å². The molecule has 1 heterocycles. The van der Waals surface area contributed by atoms with Crippen molar-refractivity contribution in [2.24, 2.45) is 0 Å². The number of hydrogen-bond donors (Lipinski definition) is 0. The fourth-order valence-corrected chi connectivity index (χ4v) is 2.21. The number of nitrogens with zero attached hydrogens (tertiary/aromatic N) is 2. The van der Waals surface area contributed by atoms with Crippen molar-refractivity contribution < 1.29 is 9.26 Å². The molecule has 0 atom stereocenters. The standard InChI is InChI=1S/C14H11BrN2O2/c1-9-16-14(19-17-9)8-18-13-5-3-10-6-12(15)4-2-11(10)7-13/h2-7H,8H2,1H3. The summed E-state index contributed by atoms with van der Waals surface area (Å²) in [4.78, 5) is 4.09. The van der Waals surface area contributed by atoms with Crippen molar-refractivity contribution in [2.45, 2.75) is 13.5 Å². The molecule has 0 aliphatic rings. The molecule has 0 bridgehead atoms. The van der Waals surface area contributed by atoms with Crippen molar-refractivity contribution in [3.05, 3.63) is 52.6 Å². The average Bonchev–Trinajstić information content (AvgIpc) is 2.82. The molecule has 5 heteroatoms.